The van der Waals surface area contributed by atoms with E-state index in [2.05, 4.69) is 20.9 Å². The van der Waals surface area contributed by atoms with Crippen LogP contribution in [-0.2, 0) is 5.54 Å². The van der Waals surface area contributed by atoms with Crippen LogP contribution in [0.25, 0.3) is 22.1 Å². The van der Waals surface area contributed by atoms with Crippen LogP contribution in [-0.4, -0.2) is 32.6 Å². The van der Waals surface area contributed by atoms with E-state index in [1.54, 1.807) is 6.07 Å². The van der Waals surface area contributed by atoms with Crippen LogP contribution in [0.15, 0.2) is 31.9 Å². The molecule has 0 bridgehead atoms. The summed E-state index contributed by atoms with van der Waals surface area (Å²) in [6.07, 6.45) is 0.296. The van der Waals surface area contributed by atoms with Gasteiger partial charge in [0.15, 0.2) is 0 Å². The Kier molecular flexibility index (Phi) is 3.89. The summed E-state index contributed by atoms with van der Waals surface area (Å²) in [6.45, 7) is 6.33. The van der Waals surface area contributed by atoms with E-state index in [0.717, 1.165) is 9.86 Å². The molecule has 1 aliphatic heterocycles. The smallest absolute Gasteiger partial charge is 0.408 e. The Hall–Kier alpha value is -2.35. The molecule has 2 aromatic heterocycles. The van der Waals surface area contributed by atoms with Crippen LogP contribution in [0, 0.1) is 5.41 Å². The van der Waals surface area contributed by atoms with Crippen molar-refractivity contribution >= 4 is 44.1 Å². The number of benzene rings is 1. The van der Waals surface area contributed by atoms with Crippen LogP contribution in [0.5, 0.6) is 0 Å². The van der Waals surface area contributed by atoms with Gasteiger partial charge in [0.2, 0.25) is 5.58 Å². The van der Waals surface area contributed by atoms with Crippen molar-refractivity contribution in [3.05, 3.63) is 38.9 Å². The molecule has 1 atom stereocenters. The minimum Gasteiger partial charge on any atom is -0.465 e. The molecule has 0 unspecified atom stereocenters. The Morgan fingerprint density at radius 3 is 2.81 bits per heavy atom. The van der Waals surface area contributed by atoms with Crippen molar-refractivity contribution in [3.8, 4) is 0 Å². The second-order valence-electron chi connectivity index (χ2n) is 7.98. The van der Waals surface area contributed by atoms with Crippen molar-refractivity contribution in [2.45, 2.75) is 39.2 Å². The summed E-state index contributed by atoms with van der Waals surface area (Å²) in [5, 5.41) is 10.5. The number of likely N-dealkylation sites (tertiary alicyclic amines) is 1. The number of amides is 1. The van der Waals surface area contributed by atoms with Gasteiger partial charge in [-0.2, -0.15) is 0 Å². The van der Waals surface area contributed by atoms with Crippen LogP contribution in [0.4, 0.5) is 4.79 Å². The predicted molar refractivity (Wildman–Crippen MR) is 105 cm³/mol. The third kappa shape index (κ3) is 2.50. The maximum absolute atomic E-state index is 12.8. The first kappa shape index (κ1) is 18.0. The third-order valence-electron chi connectivity index (χ3n) is 5.53. The molecule has 1 aromatic carbocycles. The summed E-state index contributed by atoms with van der Waals surface area (Å²) < 4.78 is 6.54. The number of hydrogen-bond donors (Lipinski definition) is 2. The number of nitrogens with one attached hydrogen (secondary N) is 1. The zero-order valence-electron chi connectivity index (χ0n) is 15.3. The molecule has 27 heavy (non-hydrogen) atoms. The lowest BCUT2D eigenvalue weighted by Gasteiger charge is -2.45. The molecule has 3 heterocycles. The van der Waals surface area contributed by atoms with Crippen LogP contribution in [0.1, 0.15) is 39.4 Å². The van der Waals surface area contributed by atoms with Crippen LogP contribution < -0.4 is 5.56 Å². The van der Waals surface area contributed by atoms with E-state index in [1.807, 2.05) is 32.9 Å². The van der Waals surface area contributed by atoms with Gasteiger partial charge in [0.25, 0.3) is 5.56 Å². The number of rotatable bonds is 1. The second-order valence-corrected chi connectivity index (χ2v) is 8.90. The highest BCUT2D eigenvalue weighted by atomic mass is 79.9. The maximum Gasteiger partial charge on any atom is 0.408 e. The number of furan rings is 1. The maximum atomic E-state index is 12.8. The van der Waals surface area contributed by atoms with Crippen molar-refractivity contribution in [2.24, 2.45) is 5.41 Å². The van der Waals surface area contributed by atoms with Crippen molar-refractivity contribution in [1.82, 2.24) is 14.9 Å². The lowest BCUT2D eigenvalue weighted by atomic mass is 9.71. The Morgan fingerprint density at radius 2 is 2.15 bits per heavy atom. The molecule has 142 valence electrons. The van der Waals surface area contributed by atoms with Gasteiger partial charge in [-0.3, -0.25) is 9.69 Å². The molecule has 1 amide bonds. The van der Waals surface area contributed by atoms with Crippen LogP contribution in [0.2, 0.25) is 0 Å². The molecular formula is C19H20BrN3O4. The van der Waals surface area contributed by atoms with Gasteiger partial charge in [-0.1, -0.05) is 36.7 Å². The summed E-state index contributed by atoms with van der Waals surface area (Å²) in [7, 11) is 0. The van der Waals surface area contributed by atoms with Gasteiger partial charge in [-0.25, -0.2) is 9.78 Å². The summed E-state index contributed by atoms with van der Waals surface area (Å²) in [5.41, 5.74) is -0.618. The van der Waals surface area contributed by atoms with E-state index < -0.39 is 22.6 Å². The molecule has 8 heteroatoms. The Bertz CT molecular complexity index is 1130. The standard InChI is InChI=1S/C19H20BrN3O4/c1-18(2,3)19(7-4-8-23(19)17(25)26)16-21-13-11-9-10(20)5-6-12(11)27-14(13)15(24)22-16/h5-6,9H,4,7-8H2,1-3H3,(H,25,26)(H,21,22,24)/t19-/m1/s1. The SMILES string of the molecule is CC(C)(C)[C@]1(c2nc3c(oc4ccc(Br)cc43)c(=O)[nH]2)CCCN1C(=O)O. The highest BCUT2D eigenvalue weighted by Crippen LogP contribution is 2.50. The van der Waals surface area contributed by atoms with E-state index in [-0.39, 0.29) is 5.58 Å². The van der Waals surface area contributed by atoms with Gasteiger partial charge in [0.05, 0.1) is 0 Å². The lowest BCUT2D eigenvalue weighted by molar-refractivity contribution is 0.0211. The lowest BCUT2D eigenvalue weighted by Crippen LogP contribution is -2.54. The average Bonchev–Trinajstić information content (AvgIpc) is 3.17. The highest BCUT2D eigenvalue weighted by Gasteiger charge is 2.55. The zero-order chi connectivity index (χ0) is 19.6. The average molecular weight is 434 g/mol. The molecule has 0 aliphatic carbocycles. The number of aromatic amines is 1. The molecule has 0 radical (unpaired) electrons. The Morgan fingerprint density at radius 1 is 1.41 bits per heavy atom. The molecule has 2 N–H and O–H groups in total. The fourth-order valence-electron chi connectivity index (χ4n) is 4.28. The molecular weight excluding hydrogens is 414 g/mol. The van der Waals surface area contributed by atoms with E-state index in [4.69, 9.17) is 9.40 Å². The van der Waals surface area contributed by atoms with E-state index in [9.17, 15) is 14.7 Å². The van der Waals surface area contributed by atoms with E-state index in [0.29, 0.717) is 36.3 Å². The molecule has 0 saturated carbocycles. The summed E-state index contributed by atoms with van der Waals surface area (Å²) >= 11 is 3.44. The minimum absolute atomic E-state index is 0.149. The van der Waals surface area contributed by atoms with Gasteiger partial charge in [-0.15, -0.1) is 0 Å². The normalized spacial score (nSPS) is 20.7. The second kappa shape index (κ2) is 5.82. The van der Waals surface area contributed by atoms with Crippen LogP contribution >= 0.6 is 15.9 Å². The number of carbonyl (C=O) groups is 1. The molecule has 1 aliphatic rings. The highest BCUT2D eigenvalue weighted by molar-refractivity contribution is 9.10. The Balaban J connectivity index is 2.07. The van der Waals surface area contributed by atoms with Gasteiger partial charge in [0.1, 0.15) is 22.5 Å². The van der Waals surface area contributed by atoms with Crippen molar-refractivity contribution in [2.75, 3.05) is 6.54 Å². The number of nitrogens with zero attached hydrogens (tertiary/aromatic N) is 2. The quantitative estimate of drug-likeness (QED) is 0.590. The molecule has 0 spiro atoms. The van der Waals surface area contributed by atoms with E-state index >= 15 is 0 Å². The largest absolute Gasteiger partial charge is 0.465 e. The topological polar surface area (TPSA) is 99.4 Å². The van der Waals surface area contributed by atoms with Gasteiger partial charge >= 0.3 is 6.09 Å². The number of aromatic nitrogens is 2. The molecule has 1 fully saturated rings. The first-order chi connectivity index (χ1) is 12.6. The number of hydrogen-bond acceptors (Lipinski definition) is 4. The molecule has 3 aromatic rings. The van der Waals surface area contributed by atoms with E-state index in [1.165, 1.54) is 4.90 Å². The van der Waals surface area contributed by atoms with Gasteiger partial charge in [0, 0.05) is 16.4 Å². The van der Waals surface area contributed by atoms with Crippen molar-refractivity contribution in [1.29, 1.82) is 0 Å². The number of halogens is 1. The number of carboxylic acid groups (broad SMARTS) is 1. The predicted octanol–water partition coefficient (Wildman–Crippen LogP) is 4.45. The third-order valence-corrected chi connectivity index (χ3v) is 6.02. The Labute approximate surface area is 163 Å². The zero-order valence-corrected chi connectivity index (χ0v) is 16.9. The molecule has 4 rings (SSSR count). The summed E-state index contributed by atoms with van der Waals surface area (Å²) in [4.78, 5) is 33.7. The first-order valence-electron chi connectivity index (χ1n) is 8.78. The van der Waals surface area contributed by atoms with Gasteiger partial charge in [-0.05, 0) is 36.5 Å². The first-order valence-corrected chi connectivity index (χ1v) is 9.57. The van der Waals surface area contributed by atoms with Gasteiger partial charge < -0.3 is 14.5 Å². The summed E-state index contributed by atoms with van der Waals surface area (Å²) in [5.74, 6) is 0.370. The minimum atomic E-state index is -1.01. The van der Waals surface area contributed by atoms with Crippen molar-refractivity contribution in [3.63, 3.8) is 0 Å². The molecule has 1 saturated heterocycles. The number of fused-ring (bicyclic) bond motifs is 3. The fraction of sp³-hybridized carbons (Fsp3) is 0.421. The van der Waals surface area contributed by atoms with Crippen LogP contribution in [0.3, 0.4) is 0 Å². The molecule has 7 nitrogen and oxygen atoms in total. The van der Waals surface area contributed by atoms with Crippen molar-refractivity contribution < 1.29 is 14.3 Å². The number of H-pyrrole nitrogens is 1. The summed E-state index contributed by atoms with van der Waals surface area (Å²) in [6, 6.07) is 5.46. The monoisotopic (exact) mass is 433 g/mol. The fourth-order valence-corrected chi connectivity index (χ4v) is 4.64.